The standard InChI is InChI=1S/C27H19N5O4/c28-13-15-1-3-17(4-2-15)27(34)30-18-7-5-16-6-9-20-24(26(29)33)31-32(25(20)21(16)11-18)19-8-10-22-23(12-19)36-14-35-22/h1-5,7-8,10-12H,6,9,14H2,(H2,29,33)(H,30,34). The highest BCUT2D eigenvalue weighted by atomic mass is 16.7. The van der Waals surface area contributed by atoms with Crippen LogP contribution >= 0.6 is 0 Å². The normalized spacial score (nSPS) is 12.9. The van der Waals surface area contributed by atoms with Gasteiger partial charge >= 0.3 is 0 Å². The first kappa shape index (κ1) is 21.4. The number of aromatic nitrogens is 2. The van der Waals surface area contributed by atoms with Crippen molar-refractivity contribution in [2.24, 2.45) is 5.73 Å². The summed E-state index contributed by atoms with van der Waals surface area (Å²) in [7, 11) is 0. The van der Waals surface area contributed by atoms with Crippen LogP contribution < -0.4 is 20.5 Å². The van der Waals surface area contributed by atoms with Crippen molar-refractivity contribution in [2.45, 2.75) is 12.8 Å². The summed E-state index contributed by atoms with van der Waals surface area (Å²) in [4.78, 5) is 25.1. The van der Waals surface area contributed by atoms with Gasteiger partial charge in [0.1, 0.15) is 0 Å². The number of nitrogens with two attached hydrogens (primary N) is 1. The molecule has 2 aliphatic rings. The lowest BCUT2D eigenvalue weighted by molar-refractivity contribution is 0.0992. The van der Waals surface area contributed by atoms with Crippen LogP contribution in [0.2, 0.25) is 0 Å². The van der Waals surface area contributed by atoms with E-state index in [1.807, 2.05) is 36.4 Å². The number of anilines is 1. The maximum absolute atomic E-state index is 12.8. The van der Waals surface area contributed by atoms with Crippen LogP contribution in [-0.4, -0.2) is 28.4 Å². The number of nitrogens with zero attached hydrogens (tertiary/aromatic N) is 3. The zero-order valence-corrected chi connectivity index (χ0v) is 18.9. The number of aryl methyl sites for hydroxylation is 1. The van der Waals surface area contributed by atoms with Crippen LogP contribution in [0.15, 0.2) is 60.7 Å². The maximum atomic E-state index is 12.8. The van der Waals surface area contributed by atoms with Gasteiger partial charge in [0.05, 0.1) is 23.0 Å². The van der Waals surface area contributed by atoms with E-state index in [4.69, 9.17) is 20.5 Å². The number of rotatable bonds is 4. The quantitative estimate of drug-likeness (QED) is 0.462. The fraction of sp³-hybridized carbons (Fsp3) is 0.111. The number of nitrogens with one attached hydrogen (secondary N) is 1. The molecule has 2 heterocycles. The molecule has 0 saturated heterocycles. The molecular formula is C27H19N5O4. The molecule has 3 aromatic carbocycles. The van der Waals surface area contributed by atoms with Gasteiger partial charge < -0.3 is 20.5 Å². The molecule has 3 N–H and O–H groups in total. The van der Waals surface area contributed by atoms with E-state index in [1.54, 1.807) is 35.0 Å². The van der Waals surface area contributed by atoms with Crippen LogP contribution in [0.1, 0.15) is 37.5 Å². The van der Waals surface area contributed by atoms with Gasteiger partial charge in [-0.1, -0.05) is 6.07 Å². The van der Waals surface area contributed by atoms with Crippen molar-refractivity contribution < 1.29 is 19.1 Å². The van der Waals surface area contributed by atoms with Crippen LogP contribution in [0.4, 0.5) is 5.69 Å². The minimum atomic E-state index is -0.598. The van der Waals surface area contributed by atoms with E-state index in [9.17, 15) is 9.59 Å². The summed E-state index contributed by atoms with van der Waals surface area (Å²) in [5, 5.41) is 16.5. The van der Waals surface area contributed by atoms with Crippen molar-refractivity contribution in [1.82, 2.24) is 9.78 Å². The lowest BCUT2D eigenvalue weighted by Gasteiger charge is -2.20. The summed E-state index contributed by atoms with van der Waals surface area (Å²) in [5.74, 6) is 0.344. The molecule has 6 rings (SSSR count). The second-order valence-corrected chi connectivity index (χ2v) is 8.50. The highest BCUT2D eigenvalue weighted by molar-refractivity contribution is 6.04. The Morgan fingerprint density at radius 3 is 2.58 bits per heavy atom. The average molecular weight is 477 g/mol. The molecule has 1 aliphatic carbocycles. The van der Waals surface area contributed by atoms with Crippen molar-refractivity contribution in [3.8, 4) is 34.5 Å². The van der Waals surface area contributed by atoms with Gasteiger partial charge in [-0.3, -0.25) is 9.59 Å². The van der Waals surface area contributed by atoms with Crippen molar-refractivity contribution in [3.05, 3.63) is 88.6 Å². The average Bonchev–Trinajstić information content (AvgIpc) is 3.53. The molecule has 0 atom stereocenters. The zero-order chi connectivity index (χ0) is 24.8. The van der Waals surface area contributed by atoms with E-state index >= 15 is 0 Å². The predicted octanol–water partition coefficient (Wildman–Crippen LogP) is 3.59. The second-order valence-electron chi connectivity index (χ2n) is 8.50. The lowest BCUT2D eigenvalue weighted by Crippen LogP contribution is -2.15. The summed E-state index contributed by atoms with van der Waals surface area (Å²) in [6.45, 7) is 0.146. The van der Waals surface area contributed by atoms with Crippen molar-refractivity contribution in [2.75, 3.05) is 12.1 Å². The third-order valence-corrected chi connectivity index (χ3v) is 6.36. The van der Waals surface area contributed by atoms with Gasteiger partial charge in [0.25, 0.3) is 11.8 Å². The third kappa shape index (κ3) is 3.52. The minimum Gasteiger partial charge on any atom is -0.454 e. The molecule has 4 aromatic rings. The van der Waals surface area contributed by atoms with Crippen molar-refractivity contribution >= 4 is 17.5 Å². The van der Waals surface area contributed by atoms with E-state index in [0.717, 1.165) is 22.4 Å². The van der Waals surface area contributed by atoms with E-state index in [-0.39, 0.29) is 18.4 Å². The SMILES string of the molecule is N#Cc1ccc(C(=O)Nc2ccc3c(c2)-c2c(c(C(N)=O)nn2-c2ccc4c(c2)OCO4)CC3)cc1. The minimum absolute atomic E-state index is 0.146. The molecule has 9 nitrogen and oxygen atoms in total. The summed E-state index contributed by atoms with van der Waals surface area (Å²) in [6, 6.07) is 19.6. The first-order valence-electron chi connectivity index (χ1n) is 11.3. The number of nitriles is 1. The molecule has 1 aliphatic heterocycles. The predicted molar refractivity (Wildman–Crippen MR) is 130 cm³/mol. The Morgan fingerprint density at radius 1 is 1.00 bits per heavy atom. The molecule has 0 unspecified atom stereocenters. The Balaban J connectivity index is 1.42. The first-order chi connectivity index (χ1) is 17.5. The Kier molecular flexibility index (Phi) is 4.93. The first-order valence-corrected chi connectivity index (χ1v) is 11.3. The lowest BCUT2D eigenvalue weighted by atomic mass is 9.88. The van der Waals surface area contributed by atoms with Gasteiger partial charge in [-0.15, -0.1) is 0 Å². The Hall–Kier alpha value is -5.10. The fourth-order valence-corrected chi connectivity index (χ4v) is 4.62. The number of primary amides is 1. The van der Waals surface area contributed by atoms with Gasteiger partial charge in [0.15, 0.2) is 17.2 Å². The molecule has 0 bridgehead atoms. The number of amides is 2. The maximum Gasteiger partial charge on any atom is 0.269 e. The Bertz CT molecular complexity index is 1600. The topological polar surface area (TPSA) is 132 Å². The number of hydrogen-bond donors (Lipinski definition) is 2. The molecule has 2 amide bonds. The van der Waals surface area contributed by atoms with Gasteiger partial charge in [-0.2, -0.15) is 10.4 Å². The summed E-state index contributed by atoms with van der Waals surface area (Å²) >= 11 is 0. The van der Waals surface area contributed by atoms with Crippen LogP contribution in [0, 0.1) is 11.3 Å². The van der Waals surface area contributed by atoms with Crippen LogP contribution in [0.25, 0.3) is 16.9 Å². The molecule has 36 heavy (non-hydrogen) atoms. The molecule has 0 saturated carbocycles. The summed E-state index contributed by atoms with van der Waals surface area (Å²) in [5.41, 5.74) is 11.6. The molecule has 0 radical (unpaired) electrons. The number of ether oxygens (including phenoxy) is 2. The fourth-order valence-electron chi connectivity index (χ4n) is 4.62. The summed E-state index contributed by atoms with van der Waals surface area (Å²) < 4.78 is 12.6. The third-order valence-electron chi connectivity index (χ3n) is 6.36. The van der Waals surface area contributed by atoms with E-state index in [2.05, 4.69) is 10.4 Å². The number of benzene rings is 3. The highest BCUT2D eigenvalue weighted by Gasteiger charge is 2.29. The number of hydrogen-bond acceptors (Lipinski definition) is 6. The molecular weight excluding hydrogens is 458 g/mol. The largest absolute Gasteiger partial charge is 0.454 e. The smallest absolute Gasteiger partial charge is 0.269 e. The van der Waals surface area contributed by atoms with E-state index in [1.165, 1.54) is 0 Å². The van der Waals surface area contributed by atoms with Crippen LogP contribution in [0.5, 0.6) is 11.5 Å². The number of carbonyl (C=O) groups is 2. The molecule has 1 aromatic heterocycles. The molecule has 0 fully saturated rings. The molecule has 176 valence electrons. The number of carbonyl (C=O) groups excluding carboxylic acids is 2. The van der Waals surface area contributed by atoms with Crippen molar-refractivity contribution in [1.29, 1.82) is 5.26 Å². The van der Waals surface area contributed by atoms with E-state index < -0.39 is 5.91 Å². The van der Waals surface area contributed by atoms with Crippen LogP contribution in [-0.2, 0) is 12.8 Å². The van der Waals surface area contributed by atoms with Gasteiger partial charge in [0.2, 0.25) is 6.79 Å². The van der Waals surface area contributed by atoms with Gasteiger partial charge in [0, 0.05) is 28.4 Å². The Morgan fingerprint density at radius 2 is 1.81 bits per heavy atom. The second kappa shape index (κ2) is 8.29. The Labute approximate surface area is 205 Å². The monoisotopic (exact) mass is 477 g/mol. The van der Waals surface area contributed by atoms with Crippen LogP contribution in [0.3, 0.4) is 0 Å². The van der Waals surface area contributed by atoms with Gasteiger partial charge in [-0.05, 0) is 66.9 Å². The highest BCUT2D eigenvalue weighted by Crippen LogP contribution is 2.40. The summed E-state index contributed by atoms with van der Waals surface area (Å²) in [6.07, 6.45) is 1.32. The number of fused-ring (bicyclic) bond motifs is 4. The van der Waals surface area contributed by atoms with E-state index in [0.29, 0.717) is 46.8 Å². The molecule has 9 heteroatoms. The van der Waals surface area contributed by atoms with Gasteiger partial charge in [-0.25, -0.2) is 4.68 Å². The zero-order valence-electron chi connectivity index (χ0n) is 18.9. The molecule has 0 spiro atoms. The van der Waals surface area contributed by atoms with Crippen molar-refractivity contribution in [3.63, 3.8) is 0 Å².